The number of nitrogens with two attached hydrogens (primary N) is 1. The quantitative estimate of drug-likeness (QED) is 0.926. The molecule has 0 atom stereocenters. The molecule has 0 saturated heterocycles. The molecule has 7 heteroatoms. The average molecular weight is 284 g/mol. The van der Waals surface area contributed by atoms with Crippen molar-refractivity contribution in [2.45, 2.75) is 24.8 Å². The van der Waals surface area contributed by atoms with Gasteiger partial charge < -0.3 is 4.74 Å². The lowest BCUT2D eigenvalue weighted by Crippen LogP contribution is -2.13. The van der Waals surface area contributed by atoms with Crippen LogP contribution in [0.3, 0.4) is 0 Å². The topological polar surface area (TPSA) is 69.4 Å². The summed E-state index contributed by atoms with van der Waals surface area (Å²) in [6, 6.07) is 2.51. The molecule has 1 rings (SSSR count). The molecule has 2 N–H and O–H groups in total. The molecule has 0 amide bonds. The summed E-state index contributed by atoms with van der Waals surface area (Å²) < 4.78 is 27.6. The van der Waals surface area contributed by atoms with Gasteiger partial charge in [-0.1, -0.05) is 23.2 Å². The Morgan fingerprint density at radius 2 is 1.81 bits per heavy atom. The Hall–Kier alpha value is -0.490. The van der Waals surface area contributed by atoms with Crippen molar-refractivity contribution in [2.75, 3.05) is 0 Å². The predicted octanol–water partition coefficient (Wildman–Crippen LogP) is 2.43. The van der Waals surface area contributed by atoms with Crippen LogP contribution in [-0.4, -0.2) is 14.5 Å². The van der Waals surface area contributed by atoms with Crippen molar-refractivity contribution < 1.29 is 13.2 Å². The molecule has 1 aromatic rings. The summed E-state index contributed by atoms with van der Waals surface area (Å²) in [5, 5.41) is 5.11. The van der Waals surface area contributed by atoms with Crippen LogP contribution in [0, 0.1) is 0 Å². The van der Waals surface area contributed by atoms with Crippen LogP contribution in [0.2, 0.25) is 10.0 Å². The minimum absolute atomic E-state index is 0.0115. The zero-order chi connectivity index (χ0) is 12.5. The molecule has 0 spiro atoms. The normalized spacial score (nSPS) is 11.9. The van der Waals surface area contributed by atoms with E-state index in [1.165, 1.54) is 12.1 Å². The van der Waals surface area contributed by atoms with E-state index in [1.807, 2.05) is 13.8 Å². The van der Waals surface area contributed by atoms with Gasteiger partial charge in [-0.25, -0.2) is 13.6 Å². The lowest BCUT2D eigenvalue weighted by Gasteiger charge is -2.12. The molecular formula is C9H11Cl2NO3S. The maximum absolute atomic E-state index is 11.1. The van der Waals surface area contributed by atoms with Crippen molar-refractivity contribution in [1.29, 1.82) is 0 Å². The van der Waals surface area contributed by atoms with E-state index < -0.39 is 10.0 Å². The van der Waals surface area contributed by atoms with Crippen molar-refractivity contribution in [2.24, 2.45) is 5.14 Å². The fourth-order valence-electron chi connectivity index (χ4n) is 1.07. The van der Waals surface area contributed by atoms with Crippen LogP contribution in [0.5, 0.6) is 5.75 Å². The van der Waals surface area contributed by atoms with Crippen molar-refractivity contribution in [3.05, 3.63) is 22.2 Å². The van der Waals surface area contributed by atoms with Gasteiger partial charge >= 0.3 is 0 Å². The van der Waals surface area contributed by atoms with Crippen LogP contribution in [0.25, 0.3) is 0 Å². The van der Waals surface area contributed by atoms with Crippen molar-refractivity contribution in [3.8, 4) is 5.75 Å². The second-order valence-electron chi connectivity index (χ2n) is 3.42. The van der Waals surface area contributed by atoms with Crippen LogP contribution in [0.15, 0.2) is 17.0 Å². The van der Waals surface area contributed by atoms with Gasteiger partial charge in [0, 0.05) is 6.07 Å². The molecule has 0 aromatic heterocycles. The predicted molar refractivity (Wildman–Crippen MR) is 63.6 cm³/mol. The second-order valence-corrected chi connectivity index (χ2v) is 5.77. The number of hydrogen-bond acceptors (Lipinski definition) is 3. The molecule has 0 aliphatic heterocycles. The fourth-order valence-corrected chi connectivity index (χ4v) is 2.43. The molecule has 0 aliphatic rings. The third-order valence-corrected chi connectivity index (χ3v) is 3.33. The number of primary sulfonamides is 1. The summed E-state index contributed by atoms with van der Waals surface area (Å²) in [6.45, 7) is 3.63. The molecule has 16 heavy (non-hydrogen) atoms. The minimum Gasteiger partial charge on any atom is -0.489 e. The van der Waals surface area contributed by atoms with Gasteiger partial charge in [0.15, 0.2) is 0 Å². The van der Waals surface area contributed by atoms with E-state index in [4.69, 9.17) is 33.1 Å². The lowest BCUT2D eigenvalue weighted by atomic mass is 10.3. The first-order valence-electron chi connectivity index (χ1n) is 4.40. The van der Waals surface area contributed by atoms with E-state index in [9.17, 15) is 8.42 Å². The smallest absolute Gasteiger partial charge is 0.239 e. The largest absolute Gasteiger partial charge is 0.489 e. The molecule has 0 bridgehead atoms. The highest BCUT2D eigenvalue weighted by Crippen LogP contribution is 2.33. The molecule has 90 valence electrons. The summed E-state index contributed by atoms with van der Waals surface area (Å²) >= 11 is 11.6. The summed E-state index contributed by atoms with van der Waals surface area (Å²) in [5.74, 6) is 0.328. The number of benzene rings is 1. The van der Waals surface area contributed by atoms with Gasteiger partial charge in [0.2, 0.25) is 10.0 Å². The Bertz CT molecular complexity index is 500. The van der Waals surface area contributed by atoms with Gasteiger partial charge in [0.1, 0.15) is 10.6 Å². The number of rotatable bonds is 3. The molecule has 0 radical (unpaired) electrons. The molecule has 1 aromatic carbocycles. The highest BCUT2D eigenvalue weighted by atomic mass is 35.5. The Kier molecular flexibility index (Phi) is 4.07. The zero-order valence-corrected chi connectivity index (χ0v) is 11.0. The summed E-state index contributed by atoms with van der Waals surface area (Å²) in [4.78, 5) is -0.213. The number of sulfonamides is 1. The van der Waals surface area contributed by atoms with E-state index in [2.05, 4.69) is 0 Å². The van der Waals surface area contributed by atoms with Gasteiger partial charge in [-0.05, 0) is 19.9 Å². The van der Waals surface area contributed by atoms with Crippen LogP contribution < -0.4 is 9.88 Å². The van der Waals surface area contributed by atoms with E-state index in [0.717, 1.165) is 0 Å². The Balaban J connectivity index is 3.28. The highest BCUT2D eigenvalue weighted by molar-refractivity contribution is 7.89. The van der Waals surface area contributed by atoms with E-state index in [-0.39, 0.29) is 21.0 Å². The monoisotopic (exact) mass is 283 g/mol. The summed E-state index contributed by atoms with van der Waals surface area (Å²) in [6.07, 6.45) is -0.0890. The number of halogens is 2. The molecule has 0 unspecified atom stereocenters. The Labute approximate surface area is 104 Å². The SMILES string of the molecule is CC(C)Oc1cc(Cl)c(S(N)(=O)=O)cc1Cl. The van der Waals surface area contributed by atoms with Crippen molar-refractivity contribution in [1.82, 2.24) is 0 Å². The molecular weight excluding hydrogens is 273 g/mol. The van der Waals surface area contributed by atoms with Crippen LogP contribution in [0.1, 0.15) is 13.8 Å². The molecule has 4 nitrogen and oxygen atoms in total. The molecule has 0 aliphatic carbocycles. The van der Waals surface area contributed by atoms with Gasteiger partial charge in [-0.3, -0.25) is 0 Å². The maximum Gasteiger partial charge on any atom is 0.239 e. The van der Waals surface area contributed by atoms with E-state index in [1.54, 1.807) is 0 Å². The molecule has 0 fully saturated rings. The standard InChI is InChI=1S/C9H11Cl2NO3S/c1-5(2)15-8-3-7(11)9(4-6(8)10)16(12,13)14/h3-5H,1-2H3,(H2,12,13,14). The van der Waals surface area contributed by atoms with Crippen LogP contribution >= 0.6 is 23.2 Å². The average Bonchev–Trinajstić information content (AvgIpc) is 2.07. The van der Waals surface area contributed by atoms with Gasteiger partial charge in [-0.15, -0.1) is 0 Å². The first-order valence-corrected chi connectivity index (χ1v) is 6.70. The Morgan fingerprint density at radius 1 is 1.25 bits per heavy atom. The third kappa shape index (κ3) is 3.25. The maximum atomic E-state index is 11.1. The number of ether oxygens (including phenoxy) is 1. The fraction of sp³-hybridized carbons (Fsp3) is 0.333. The zero-order valence-electron chi connectivity index (χ0n) is 8.70. The lowest BCUT2D eigenvalue weighted by molar-refractivity contribution is 0.242. The number of hydrogen-bond donors (Lipinski definition) is 1. The van der Waals surface area contributed by atoms with E-state index in [0.29, 0.717) is 5.75 Å². The van der Waals surface area contributed by atoms with Crippen LogP contribution in [0.4, 0.5) is 0 Å². The minimum atomic E-state index is -3.87. The Morgan fingerprint density at radius 3 is 2.25 bits per heavy atom. The molecule has 0 heterocycles. The molecule has 0 saturated carbocycles. The second kappa shape index (κ2) is 4.79. The first-order chi connectivity index (χ1) is 7.21. The van der Waals surface area contributed by atoms with Crippen molar-refractivity contribution >= 4 is 33.2 Å². The third-order valence-electron chi connectivity index (χ3n) is 1.66. The van der Waals surface area contributed by atoms with Crippen molar-refractivity contribution in [3.63, 3.8) is 0 Å². The summed E-state index contributed by atoms with van der Waals surface area (Å²) in [7, 11) is -3.87. The first kappa shape index (κ1) is 13.6. The van der Waals surface area contributed by atoms with E-state index >= 15 is 0 Å². The highest BCUT2D eigenvalue weighted by Gasteiger charge is 2.17. The summed E-state index contributed by atoms with van der Waals surface area (Å²) in [5.41, 5.74) is 0. The van der Waals surface area contributed by atoms with Gasteiger partial charge in [0.25, 0.3) is 0 Å². The van der Waals surface area contributed by atoms with Gasteiger partial charge in [-0.2, -0.15) is 0 Å². The van der Waals surface area contributed by atoms with Crippen LogP contribution in [-0.2, 0) is 10.0 Å². The van der Waals surface area contributed by atoms with Gasteiger partial charge in [0.05, 0.1) is 16.1 Å².